The van der Waals surface area contributed by atoms with Gasteiger partial charge in [-0.05, 0) is 25.1 Å². The van der Waals surface area contributed by atoms with E-state index < -0.39 is 11.8 Å². The molecule has 0 unspecified atom stereocenters. The Morgan fingerprint density at radius 2 is 1.57 bits per heavy atom. The quantitative estimate of drug-likeness (QED) is 0.496. The van der Waals surface area contributed by atoms with Gasteiger partial charge in [-0.15, -0.1) is 0 Å². The number of halogens is 1. The highest BCUT2D eigenvalue weighted by molar-refractivity contribution is 6.33. The van der Waals surface area contributed by atoms with Crippen LogP contribution in [0.4, 0.5) is 0 Å². The number of rotatable bonds is 3. The van der Waals surface area contributed by atoms with Crippen LogP contribution in [0.5, 0.6) is 0 Å². The molecule has 0 radical (unpaired) electrons. The van der Waals surface area contributed by atoms with Crippen molar-refractivity contribution in [2.24, 2.45) is 7.05 Å². The molecule has 0 spiro atoms. The second-order valence-corrected chi connectivity index (χ2v) is 7.12. The number of nitrogens with one attached hydrogen (secondary N) is 2. The minimum atomic E-state index is -0.509. The third-order valence-corrected chi connectivity index (χ3v) is 5.02. The van der Waals surface area contributed by atoms with Crippen LogP contribution in [0.2, 0.25) is 5.02 Å². The van der Waals surface area contributed by atoms with Crippen LogP contribution in [0, 0.1) is 6.92 Å². The molecule has 2 heterocycles. The number of aromatic nitrogens is 3. The van der Waals surface area contributed by atoms with E-state index in [0.29, 0.717) is 33.0 Å². The first-order chi connectivity index (χ1) is 14.5. The highest BCUT2D eigenvalue weighted by Crippen LogP contribution is 2.26. The van der Waals surface area contributed by atoms with E-state index in [0.717, 1.165) is 5.56 Å². The van der Waals surface area contributed by atoms with Crippen molar-refractivity contribution in [2.75, 3.05) is 0 Å². The number of amides is 2. The van der Waals surface area contributed by atoms with E-state index in [2.05, 4.69) is 20.9 Å². The Morgan fingerprint density at radius 1 is 0.933 bits per heavy atom. The maximum atomic E-state index is 13.0. The van der Waals surface area contributed by atoms with E-state index in [9.17, 15) is 9.59 Å². The summed E-state index contributed by atoms with van der Waals surface area (Å²) in [4.78, 5) is 30.1. The van der Waals surface area contributed by atoms with Crippen molar-refractivity contribution in [3.05, 3.63) is 82.5 Å². The lowest BCUT2D eigenvalue weighted by Gasteiger charge is -2.11. The minimum absolute atomic E-state index is 0.266. The van der Waals surface area contributed by atoms with Gasteiger partial charge in [-0.25, -0.2) is 4.98 Å². The standard InChI is InChI=1S/C22H18ClN5O2/c1-13-19-16(22(30)26-25-21(29)15-10-6-7-11-17(15)23)12-18(14-8-4-3-5-9-14)24-20(19)28(2)27-13/h3-12H,1-2H3,(H,25,29)(H,26,30). The first kappa shape index (κ1) is 19.6. The number of fused-ring (bicyclic) bond motifs is 1. The van der Waals surface area contributed by atoms with Gasteiger partial charge in [0.15, 0.2) is 5.65 Å². The van der Waals surface area contributed by atoms with E-state index >= 15 is 0 Å². The number of aryl methyl sites for hydroxylation is 2. The lowest BCUT2D eigenvalue weighted by Crippen LogP contribution is -2.41. The number of hydrogen-bond acceptors (Lipinski definition) is 4. The van der Waals surface area contributed by atoms with E-state index in [1.165, 1.54) is 0 Å². The summed E-state index contributed by atoms with van der Waals surface area (Å²) in [6, 6.07) is 17.8. The predicted molar refractivity (Wildman–Crippen MR) is 115 cm³/mol. The molecule has 4 aromatic rings. The monoisotopic (exact) mass is 419 g/mol. The summed E-state index contributed by atoms with van der Waals surface area (Å²) in [5, 5.41) is 5.31. The van der Waals surface area contributed by atoms with E-state index in [-0.39, 0.29) is 5.56 Å². The summed E-state index contributed by atoms with van der Waals surface area (Å²) in [5.41, 5.74) is 8.27. The van der Waals surface area contributed by atoms with Crippen molar-refractivity contribution < 1.29 is 9.59 Å². The maximum absolute atomic E-state index is 13.0. The second kappa shape index (κ2) is 7.96. The van der Waals surface area contributed by atoms with E-state index in [4.69, 9.17) is 11.6 Å². The van der Waals surface area contributed by atoms with Crippen molar-refractivity contribution in [1.82, 2.24) is 25.6 Å². The van der Waals surface area contributed by atoms with Gasteiger partial charge in [-0.3, -0.25) is 25.1 Å². The smallest absolute Gasteiger partial charge is 0.267 e. The molecule has 30 heavy (non-hydrogen) atoms. The third-order valence-electron chi connectivity index (χ3n) is 4.69. The number of carbonyl (C=O) groups is 2. The fraction of sp³-hybridized carbons (Fsp3) is 0.0909. The van der Waals surface area contributed by atoms with Crippen LogP contribution in [0.25, 0.3) is 22.3 Å². The van der Waals surface area contributed by atoms with Crippen molar-refractivity contribution in [3.63, 3.8) is 0 Å². The first-order valence-electron chi connectivity index (χ1n) is 9.20. The Morgan fingerprint density at radius 3 is 2.27 bits per heavy atom. The van der Waals surface area contributed by atoms with Crippen LogP contribution in [0.1, 0.15) is 26.4 Å². The highest BCUT2D eigenvalue weighted by atomic mass is 35.5. The minimum Gasteiger partial charge on any atom is -0.267 e. The Kier molecular flexibility index (Phi) is 5.20. The number of carbonyl (C=O) groups excluding carboxylic acids is 2. The zero-order valence-corrected chi connectivity index (χ0v) is 17.1. The molecule has 0 aliphatic carbocycles. The van der Waals surface area contributed by atoms with Gasteiger partial charge in [0.1, 0.15) is 0 Å². The third kappa shape index (κ3) is 3.62. The van der Waals surface area contributed by atoms with Crippen LogP contribution in [-0.2, 0) is 7.05 Å². The topological polar surface area (TPSA) is 88.9 Å². The fourth-order valence-corrected chi connectivity index (χ4v) is 3.50. The zero-order chi connectivity index (χ0) is 21.3. The molecule has 0 saturated heterocycles. The summed E-state index contributed by atoms with van der Waals surface area (Å²) in [7, 11) is 1.78. The van der Waals surface area contributed by atoms with Crippen molar-refractivity contribution in [3.8, 4) is 11.3 Å². The van der Waals surface area contributed by atoms with Crippen molar-refractivity contribution >= 4 is 34.4 Å². The summed E-state index contributed by atoms with van der Waals surface area (Å²) in [6.45, 7) is 1.81. The van der Waals surface area contributed by atoms with Gasteiger partial charge in [0.2, 0.25) is 0 Å². The first-order valence-corrected chi connectivity index (χ1v) is 9.58. The highest BCUT2D eigenvalue weighted by Gasteiger charge is 2.20. The average molecular weight is 420 g/mol. The molecule has 2 amide bonds. The fourth-order valence-electron chi connectivity index (χ4n) is 3.27. The van der Waals surface area contributed by atoms with Crippen LogP contribution >= 0.6 is 11.6 Å². The van der Waals surface area contributed by atoms with Gasteiger partial charge in [-0.2, -0.15) is 5.10 Å². The molecule has 2 N–H and O–H groups in total. The maximum Gasteiger partial charge on any atom is 0.271 e. The molecule has 0 bridgehead atoms. The lowest BCUT2D eigenvalue weighted by atomic mass is 10.1. The Balaban J connectivity index is 1.69. The Hall–Kier alpha value is -3.71. The number of benzene rings is 2. The van der Waals surface area contributed by atoms with Gasteiger partial charge in [0.25, 0.3) is 11.8 Å². The molecule has 0 aliphatic heterocycles. The average Bonchev–Trinajstić information content (AvgIpc) is 3.05. The number of hydrazine groups is 1. The van der Waals surface area contributed by atoms with Crippen LogP contribution in [0.3, 0.4) is 0 Å². The van der Waals surface area contributed by atoms with E-state index in [1.54, 1.807) is 42.1 Å². The van der Waals surface area contributed by atoms with Crippen LogP contribution in [-0.4, -0.2) is 26.6 Å². The summed E-state index contributed by atoms with van der Waals surface area (Å²) >= 11 is 6.05. The molecule has 2 aromatic heterocycles. The molecule has 2 aromatic carbocycles. The predicted octanol–water partition coefficient (Wildman–Crippen LogP) is 3.67. The van der Waals surface area contributed by atoms with Gasteiger partial charge in [-0.1, -0.05) is 54.1 Å². The molecule has 0 saturated carbocycles. The number of nitrogens with zero attached hydrogens (tertiary/aromatic N) is 3. The van der Waals surface area contributed by atoms with Crippen LogP contribution < -0.4 is 10.9 Å². The molecule has 150 valence electrons. The van der Waals surface area contributed by atoms with Gasteiger partial charge >= 0.3 is 0 Å². The largest absolute Gasteiger partial charge is 0.271 e. The summed E-state index contributed by atoms with van der Waals surface area (Å²) in [6.07, 6.45) is 0. The van der Waals surface area contributed by atoms with Crippen molar-refractivity contribution in [1.29, 1.82) is 0 Å². The SMILES string of the molecule is Cc1nn(C)c2nc(-c3ccccc3)cc(C(=O)NNC(=O)c3ccccc3Cl)c12. The molecule has 4 rings (SSSR count). The molecule has 0 atom stereocenters. The Bertz CT molecular complexity index is 1270. The van der Waals surface area contributed by atoms with Crippen LogP contribution in [0.15, 0.2) is 60.7 Å². The number of pyridine rings is 1. The summed E-state index contributed by atoms with van der Waals surface area (Å²) in [5.74, 6) is -0.985. The Labute approximate surface area is 177 Å². The molecular weight excluding hydrogens is 402 g/mol. The summed E-state index contributed by atoms with van der Waals surface area (Å²) < 4.78 is 1.64. The van der Waals surface area contributed by atoms with Crippen molar-refractivity contribution in [2.45, 2.75) is 6.92 Å². The molecule has 0 fully saturated rings. The normalized spacial score (nSPS) is 10.8. The molecular formula is C22H18ClN5O2. The van der Waals surface area contributed by atoms with E-state index in [1.807, 2.05) is 37.3 Å². The molecule has 8 heteroatoms. The molecule has 0 aliphatic rings. The van der Waals surface area contributed by atoms with Gasteiger partial charge in [0, 0.05) is 12.6 Å². The van der Waals surface area contributed by atoms with Gasteiger partial charge < -0.3 is 0 Å². The number of hydrogen-bond donors (Lipinski definition) is 2. The zero-order valence-electron chi connectivity index (χ0n) is 16.3. The molecule has 7 nitrogen and oxygen atoms in total. The second-order valence-electron chi connectivity index (χ2n) is 6.72. The van der Waals surface area contributed by atoms with Gasteiger partial charge in [0.05, 0.1) is 32.9 Å². The lowest BCUT2D eigenvalue weighted by molar-refractivity contribution is 0.0847.